The largest absolute Gasteiger partial charge is 0.303 e. The lowest BCUT2D eigenvalue weighted by atomic mass is 10.0. The van der Waals surface area contributed by atoms with Crippen molar-refractivity contribution in [3.63, 3.8) is 0 Å². The molecule has 0 bridgehead atoms. The van der Waals surface area contributed by atoms with E-state index in [1.807, 2.05) is 0 Å². The quantitative estimate of drug-likeness (QED) is 0.640. The number of hydrogen-bond donors (Lipinski definition) is 0. The summed E-state index contributed by atoms with van der Waals surface area (Å²) in [4.78, 5) is 5.19. The zero-order valence-corrected chi connectivity index (χ0v) is 11.3. The van der Waals surface area contributed by atoms with Gasteiger partial charge in [0.05, 0.1) is 0 Å². The monoisotopic (exact) mass is 224 g/mol. The highest BCUT2D eigenvalue weighted by atomic mass is 15.2. The second-order valence-electron chi connectivity index (χ2n) is 4.63. The number of hydrogen-bond acceptors (Lipinski definition) is 2. The highest BCUT2D eigenvalue weighted by molar-refractivity contribution is 4.87. The molecule has 0 aromatic heterocycles. The molecule has 0 aromatic rings. The molecule has 0 spiro atoms. The van der Waals surface area contributed by atoms with Gasteiger partial charge in [-0.05, 0) is 45.4 Å². The number of allylic oxidation sites excluding steroid dienone is 1. The lowest BCUT2D eigenvalue weighted by molar-refractivity contribution is 0.125. The summed E-state index contributed by atoms with van der Waals surface area (Å²) >= 11 is 0. The first kappa shape index (κ1) is 13.7. The van der Waals surface area contributed by atoms with Crippen molar-refractivity contribution in [2.24, 2.45) is 0 Å². The van der Waals surface area contributed by atoms with E-state index in [2.05, 4.69) is 42.7 Å². The van der Waals surface area contributed by atoms with Crippen LogP contribution in [-0.4, -0.2) is 48.6 Å². The molecule has 0 atom stereocenters. The third kappa shape index (κ3) is 4.26. The molecule has 1 aliphatic heterocycles. The van der Waals surface area contributed by atoms with E-state index in [-0.39, 0.29) is 0 Å². The molecule has 0 unspecified atom stereocenters. The predicted molar refractivity (Wildman–Crippen MR) is 71.8 cm³/mol. The zero-order valence-electron chi connectivity index (χ0n) is 11.3. The van der Waals surface area contributed by atoms with Gasteiger partial charge in [-0.25, -0.2) is 0 Å². The molecule has 0 aromatic carbocycles. The van der Waals surface area contributed by atoms with Crippen LogP contribution in [-0.2, 0) is 0 Å². The predicted octanol–water partition coefficient (Wildman–Crippen LogP) is 2.76. The van der Waals surface area contributed by atoms with Gasteiger partial charge in [0.15, 0.2) is 0 Å². The number of likely N-dealkylation sites (N-methyl/N-ethyl adjacent to an activating group) is 1. The van der Waals surface area contributed by atoms with Crippen molar-refractivity contribution >= 4 is 0 Å². The molecule has 1 fully saturated rings. The minimum atomic E-state index is 0.814. The molecule has 1 heterocycles. The first-order chi connectivity index (χ1) is 7.81. The van der Waals surface area contributed by atoms with Crippen LogP contribution in [0.5, 0.6) is 0 Å². The fraction of sp³-hybridized carbons (Fsp3) is 0.857. The van der Waals surface area contributed by atoms with Gasteiger partial charge >= 0.3 is 0 Å². The molecule has 1 aliphatic rings. The van der Waals surface area contributed by atoms with E-state index in [4.69, 9.17) is 0 Å². The topological polar surface area (TPSA) is 6.48 Å². The van der Waals surface area contributed by atoms with E-state index in [0.717, 1.165) is 19.0 Å². The van der Waals surface area contributed by atoms with E-state index in [0.29, 0.717) is 0 Å². The highest BCUT2D eigenvalue weighted by Gasteiger charge is 2.21. The van der Waals surface area contributed by atoms with Crippen LogP contribution in [0.25, 0.3) is 0 Å². The third-order valence-corrected chi connectivity index (χ3v) is 3.67. The van der Waals surface area contributed by atoms with Crippen molar-refractivity contribution in [3.8, 4) is 0 Å². The fourth-order valence-electron chi connectivity index (χ4n) is 2.51. The molecule has 0 amide bonds. The Balaban J connectivity index is 2.33. The average molecular weight is 224 g/mol. The summed E-state index contributed by atoms with van der Waals surface area (Å²) in [6.45, 7) is 12.9. The van der Waals surface area contributed by atoms with E-state index in [1.54, 1.807) is 0 Å². The summed E-state index contributed by atoms with van der Waals surface area (Å²) in [6, 6.07) is 0.814. The molecule has 1 saturated heterocycles. The van der Waals surface area contributed by atoms with Crippen LogP contribution in [0.15, 0.2) is 12.2 Å². The van der Waals surface area contributed by atoms with Crippen LogP contribution in [0.2, 0.25) is 0 Å². The van der Waals surface area contributed by atoms with Crippen molar-refractivity contribution in [2.45, 2.75) is 46.1 Å². The first-order valence-corrected chi connectivity index (χ1v) is 6.93. The van der Waals surface area contributed by atoms with Crippen LogP contribution in [0, 0.1) is 0 Å². The Hall–Kier alpha value is -0.340. The van der Waals surface area contributed by atoms with Crippen molar-refractivity contribution < 1.29 is 0 Å². The molecular formula is C14H28N2. The first-order valence-electron chi connectivity index (χ1n) is 6.93. The molecule has 0 N–H and O–H groups in total. The molecule has 16 heavy (non-hydrogen) atoms. The van der Waals surface area contributed by atoms with Gasteiger partial charge in [-0.1, -0.05) is 32.9 Å². The zero-order chi connectivity index (χ0) is 11.8. The molecule has 0 saturated carbocycles. The standard InChI is InChI=1S/C14H28N2/c1-4-7-8-11-16(6-3)14-9-12-15(5-2)13-10-14/h7-8,14H,4-6,9-13H2,1-3H3/b8-7-. The second kappa shape index (κ2) is 7.86. The van der Waals surface area contributed by atoms with Crippen LogP contribution in [0.4, 0.5) is 0 Å². The molecule has 2 heteroatoms. The Morgan fingerprint density at radius 3 is 2.31 bits per heavy atom. The summed E-state index contributed by atoms with van der Waals surface area (Å²) in [7, 11) is 0. The lowest BCUT2D eigenvalue weighted by Gasteiger charge is -2.37. The summed E-state index contributed by atoms with van der Waals surface area (Å²) in [5.74, 6) is 0. The van der Waals surface area contributed by atoms with Crippen LogP contribution < -0.4 is 0 Å². The van der Waals surface area contributed by atoms with Crippen molar-refractivity contribution in [3.05, 3.63) is 12.2 Å². The number of piperidine rings is 1. The van der Waals surface area contributed by atoms with Gasteiger partial charge in [-0.15, -0.1) is 0 Å². The number of rotatable bonds is 6. The van der Waals surface area contributed by atoms with Gasteiger partial charge in [0.25, 0.3) is 0 Å². The van der Waals surface area contributed by atoms with Crippen LogP contribution >= 0.6 is 0 Å². The Bertz CT molecular complexity index is 193. The van der Waals surface area contributed by atoms with Gasteiger partial charge in [-0.2, -0.15) is 0 Å². The van der Waals surface area contributed by atoms with Gasteiger partial charge in [0.2, 0.25) is 0 Å². The second-order valence-corrected chi connectivity index (χ2v) is 4.63. The maximum atomic E-state index is 2.62. The summed E-state index contributed by atoms with van der Waals surface area (Å²) < 4.78 is 0. The lowest BCUT2D eigenvalue weighted by Crippen LogP contribution is -2.44. The number of nitrogens with zero attached hydrogens (tertiary/aromatic N) is 2. The van der Waals surface area contributed by atoms with E-state index in [9.17, 15) is 0 Å². The van der Waals surface area contributed by atoms with Gasteiger partial charge in [0, 0.05) is 12.6 Å². The van der Waals surface area contributed by atoms with Crippen molar-refractivity contribution in [1.82, 2.24) is 9.80 Å². The van der Waals surface area contributed by atoms with Crippen molar-refractivity contribution in [2.75, 3.05) is 32.7 Å². The molecule has 0 aliphatic carbocycles. The third-order valence-electron chi connectivity index (χ3n) is 3.67. The van der Waals surface area contributed by atoms with E-state index >= 15 is 0 Å². The molecular weight excluding hydrogens is 196 g/mol. The van der Waals surface area contributed by atoms with Gasteiger partial charge in [0.1, 0.15) is 0 Å². The van der Waals surface area contributed by atoms with E-state index < -0.39 is 0 Å². The molecule has 2 nitrogen and oxygen atoms in total. The number of likely N-dealkylation sites (tertiary alicyclic amines) is 1. The van der Waals surface area contributed by atoms with Gasteiger partial charge in [-0.3, -0.25) is 4.90 Å². The maximum absolute atomic E-state index is 2.62. The average Bonchev–Trinajstić information content (AvgIpc) is 2.35. The summed E-state index contributed by atoms with van der Waals surface area (Å²) in [6.07, 6.45) is 8.47. The minimum Gasteiger partial charge on any atom is -0.303 e. The Morgan fingerprint density at radius 2 is 1.81 bits per heavy atom. The SMILES string of the molecule is CC/C=C\CN(CC)C1CCN(CC)CC1. The fourth-order valence-corrected chi connectivity index (χ4v) is 2.51. The highest BCUT2D eigenvalue weighted by Crippen LogP contribution is 2.16. The van der Waals surface area contributed by atoms with Crippen LogP contribution in [0.3, 0.4) is 0 Å². The smallest absolute Gasteiger partial charge is 0.0166 e. The Morgan fingerprint density at radius 1 is 1.12 bits per heavy atom. The van der Waals surface area contributed by atoms with E-state index in [1.165, 1.54) is 39.0 Å². The molecule has 1 rings (SSSR count). The van der Waals surface area contributed by atoms with Gasteiger partial charge < -0.3 is 4.90 Å². The Kier molecular flexibility index (Phi) is 6.74. The normalized spacial score (nSPS) is 20.0. The maximum Gasteiger partial charge on any atom is 0.0166 e. The summed E-state index contributed by atoms with van der Waals surface area (Å²) in [5.41, 5.74) is 0. The minimum absolute atomic E-state index is 0.814. The molecule has 94 valence electrons. The molecule has 0 radical (unpaired) electrons. The Labute approximate surface area is 101 Å². The van der Waals surface area contributed by atoms with Crippen molar-refractivity contribution in [1.29, 1.82) is 0 Å². The van der Waals surface area contributed by atoms with Crippen LogP contribution in [0.1, 0.15) is 40.0 Å². The summed E-state index contributed by atoms with van der Waals surface area (Å²) in [5, 5.41) is 0.